The SMILES string of the molecule is CC[C@H](Sc1nnc(NC(=O)[C@H]2CC(=O)N(c3ccccc3)C2)s1)C(=O)O. The van der Waals surface area contributed by atoms with Crippen molar-refractivity contribution in [1.29, 1.82) is 0 Å². The normalized spacial score (nSPS) is 17.7. The molecular formula is C17H18N4O4S2. The number of para-hydroxylation sites is 1. The molecule has 3 rings (SSSR count). The van der Waals surface area contributed by atoms with Crippen molar-refractivity contribution in [3.8, 4) is 0 Å². The third-order valence-electron chi connectivity index (χ3n) is 4.09. The molecule has 0 aliphatic carbocycles. The van der Waals surface area contributed by atoms with Crippen LogP contribution in [0.2, 0.25) is 0 Å². The van der Waals surface area contributed by atoms with Gasteiger partial charge in [0.25, 0.3) is 0 Å². The number of nitrogens with one attached hydrogen (secondary N) is 1. The Morgan fingerprint density at radius 1 is 1.37 bits per heavy atom. The summed E-state index contributed by atoms with van der Waals surface area (Å²) >= 11 is 2.23. The summed E-state index contributed by atoms with van der Waals surface area (Å²) in [6, 6.07) is 9.22. The van der Waals surface area contributed by atoms with Crippen LogP contribution in [0.15, 0.2) is 34.7 Å². The molecule has 0 saturated carbocycles. The number of carbonyl (C=O) groups is 3. The van der Waals surface area contributed by atoms with Crippen LogP contribution in [-0.2, 0) is 14.4 Å². The second kappa shape index (κ2) is 8.49. The molecule has 1 aliphatic heterocycles. The predicted molar refractivity (Wildman–Crippen MR) is 103 cm³/mol. The maximum absolute atomic E-state index is 12.5. The van der Waals surface area contributed by atoms with Crippen LogP contribution in [0, 0.1) is 5.92 Å². The largest absolute Gasteiger partial charge is 0.480 e. The van der Waals surface area contributed by atoms with Gasteiger partial charge in [-0.15, -0.1) is 10.2 Å². The van der Waals surface area contributed by atoms with Gasteiger partial charge < -0.3 is 15.3 Å². The molecule has 2 atom stereocenters. The molecule has 0 radical (unpaired) electrons. The van der Waals surface area contributed by atoms with Crippen LogP contribution in [0.3, 0.4) is 0 Å². The number of anilines is 2. The van der Waals surface area contributed by atoms with Gasteiger partial charge in [0.15, 0.2) is 4.34 Å². The first kappa shape index (κ1) is 19.3. The highest BCUT2D eigenvalue weighted by molar-refractivity contribution is 8.02. The quantitative estimate of drug-likeness (QED) is 0.536. The second-order valence-corrected chi connectivity index (χ2v) is 8.38. The van der Waals surface area contributed by atoms with Crippen molar-refractivity contribution in [3.63, 3.8) is 0 Å². The number of carboxylic acids is 1. The Hall–Kier alpha value is -2.46. The van der Waals surface area contributed by atoms with E-state index >= 15 is 0 Å². The molecule has 2 N–H and O–H groups in total. The zero-order valence-electron chi connectivity index (χ0n) is 14.5. The maximum Gasteiger partial charge on any atom is 0.317 e. The van der Waals surface area contributed by atoms with Gasteiger partial charge in [-0.1, -0.05) is 48.2 Å². The minimum atomic E-state index is -0.909. The zero-order chi connectivity index (χ0) is 19.4. The second-order valence-electron chi connectivity index (χ2n) is 5.96. The van der Waals surface area contributed by atoms with E-state index in [0.29, 0.717) is 22.4 Å². The van der Waals surface area contributed by atoms with Crippen molar-refractivity contribution < 1.29 is 19.5 Å². The molecular weight excluding hydrogens is 388 g/mol. The summed E-state index contributed by atoms with van der Waals surface area (Å²) in [5.41, 5.74) is 0.770. The van der Waals surface area contributed by atoms with Gasteiger partial charge in [0.05, 0.1) is 5.92 Å². The number of amides is 2. The van der Waals surface area contributed by atoms with Gasteiger partial charge in [-0.3, -0.25) is 14.4 Å². The number of aromatic nitrogens is 2. The fraction of sp³-hybridized carbons (Fsp3) is 0.353. The minimum absolute atomic E-state index is 0.0953. The van der Waals surface area contributed by atoms with E-state index in [9.17, 15) is 14.4 Å². The van der Waals surface area contributed by atoms with Crippen LogP contribution in [0.25, 0.3) is 0 Å². The standard InChI is InChI=1S/C17H18N4O4S2/c1-2-12(15(24)25)26-17-20-19-16(27-17)18-14(23)10-8-13(22)21(9-10)11-6-4-3-5-7-11/h3-7,10,12H,2,8-9H2,1H3,(H,24,25)(H,18,19,23)/t10-,12-/m0/s1. The first-order valence-electron chi connectivity index (χ1n) is 8.37. The Kier molecular flexibility index (Phi) is 6.07. The Morgan fingerprint density at radius 3 is 2.78 bits per heavy atom. The number of hydrogen-bond acceptors (Lipinski definition) is 7. The van der Waals surface area contributed by atoms with Gasteiger partial charge in [-0.25, -0.2) is 0 Å². The molecule has 8 nitrogen and oxygen atoms in total. The Morgan fingerprint density at radius 2 is 2.11 bits per heavy atom. The molecule has 2 aromatic rings. The topological polar surface area (TPSA) is 112 Å². The van der Waals surface area contributed by atoms with Crippen molar-refractivity contribution in [3.05, 3.63) is 30.3 Å². The molecule has 1 saturated heterocycles. The van der Waals surface area contributed by atoms with Crippen molar-refractivity contribution in [1.82, 2.24) is 10.2 Å². The number of hydrogen-bond donors (Lipinski definition) is 2. The average molecular weight is 406 g/mol. The Bertz CT molecular complexity index is 842. The molecule has 2 heterocycles. The Labute approximate surface area is 164 Å². The lowest BCUT2D eigenvalue weighted by Crippen LogP contribution is -2.28. The van der Waals surface area contributed by atoms with E-state index in [1.165, 1.54) is 0 Å². The van der Waals surface area contributed by atoms with Crippen LogP contribution in [0.1, 0.15) is 19.8 Å². The molecule has 2 amide bonds. The van der Waals surface area contributed by atoms with E-state index in [2.05, 4.69) is 15.5 Å². The minimum Gasteiger partial charge on any atom is -0.480 e. The van der Waals surface area contributed by atoms with E-state index in [4.69, 9.17) is 5.11 Å². The fourth-order valence-electron chi connectivity index (χ4n) is 2.69. The lowest BCUT2D eigenvalue weighted by atomic mass is 10.1. The summed E-state index contributed by atoms with van der Waals surface area (Å²) in [6.45, 7) is 2.09. The molecule has 27 heavy (non-hydrogen) atoms. The van der Waals surface area contributed by atoms with Gasteiger partial charge in [-0.05, 0) is 18.6 Å². The maximum atomic E-state index is 12.5. The van der Waals surface area contributed by atoms with Gasteiger partial charge in [0.2, 0.25) is 16.9 Å². The zero-order valence-corrected chi connectivity index (χ0v) is 16.1. The Balaban J connectivity index is 1.60. The predicted octanol–water partition coefficient (Wildman–Crippen LogP) is 2.49. The summed E-state index contributed by atoms with van der Waals surface area (Å²) in [5.74, 6) is -1.77. The number of carbonyl (C=O) groups excluding carboxylic acids is 2. The smallest absolute Gasteiger partial charge is 0.317 e. The molecule has 1 aromatic heterocycles. The fourth-order valence-corrected chi connectivity index (χ4v) is 4.54. The molecule has 1 fully saturated rings. The van der Waals surface area contributed by atoms with Crippen molar-refractivity contribution in [2.45, 2.75) is 29.4 Å². The van der Waals surface area contributed by atoms with E-state index in [0.717, 1.165) is 28.8 Å². The number of rotatable bonds is 7. The number of thioether (sulfide) groups is 1. The van der Waals surface area contributed by atoms with E-state index in [1.807, 2.05) is 30.3 Å². The molecule has 0 unspecified atom stereocenters. The molecule has 0 spiro atoms. The van der Waals surface area contributed by atoms with Crippen LogP contribution >= 0.6 is 23.1 Å². The van der Waals surface area contributed by atoms with E-state index in [-0.39, 0.29) is 18.2 Å². The van der Waals surface area contributed by atoms with Crippen molar-refractivity contribution in [2.75, 3.05) is 16.8 Å². The van der Waals surface area contributed by atoms with E-state index < -0.39 is 17.1 Å². The average Bonchev–Trinajstić information content (AvgIpc) is 3.26. The van der Waals surface area contributed by atoms with Gasteiger partial charge in [-0.2, -0.15) is 0 Å². The molecule has 142 valence electrons. The lowest BCUT2D eigenvalue weighted by Gasteiger charge is -2.16. The number of benzene rings is 1. The summed E-state index contributed by atoms with van der Waals surface area (Å²) in [5, 5.41) is 19.3. The van der Waals surface area contributed by atoms with Crippen LogP contribution in [0.5, 0.6) is 0 Å². The van der Waals surface area contributed by atoms with Gasteiger partial charge >= 0.3 is 5.97 Å². The number of aliphatic carboxylic acids is 1. The first-order chi connectivity index (χ1) is 13.0. The lowest BCUT2D eigenvalue weighted by molar-refractivity contribution is -0.136. The summed E-state index contributed by atoms with van der Waals surface area (Å²) in [4.78, 5) is 37.4. The van der Waals surface area contributed by atoms with Crippen LogP contribution < -0.4 is 10.2 Å². The monoisotopic (exact) mass is 406 g/mol. The summed E-state index contributed by atoms with van der Waals surface area (Å²) in [7, 11) is 0. The van der Waals surface area contributed by atoms with Gasteiger partial charge in [0.1, 0.15) is 5.25 Å². The molecule has 0 bridgehead atoms. The first-order valence-corrected chi connectivity index (χ1v) is 10.1. The highest BCUT2D eigenvalue weighted by Crippen LogP contribution is 2.31. The molecule has 1 aliphatic rings. The summed E-state index contributed by atoms with van der Waals surface area (Å²) in [6.07, 6.45) is 0.596. The van der Waals surface area contributed by atoms with Crippen molar-refractivity contribution >= 4 is 51.7 Å². The van der Waals surface area contributed by atoms with Crippen molar-refractivity contribution in [2.24, 2.45) is 5.92 Å². The van der Waals surface area contributed by atoms with Crippen LogP contribution in [0.4, 0.5) is 10.8 Å². The number of nitrogens with zero attached hydrogens (tertiary/aromatic N) is 3. The molecule has 10 heteroatoms. The number of carboxylic acid groups (broad SMARTS) is 1. The van der Waals surface area contributed by atoms with E-state index in [1.54, 1.807) is 11.8 Å². The third-order valence-corrected chi connectivity index (χ3v) is 6.36. The van der Waals surface area contributed by atoms with Gasteiger partial charge in [0, 0.05) is 18.7 Å². The summed E-state index contributed by atoms with van der Waals surface area (Å²) < 4.78 is 0.480. The molecule has 1 aromatic carbocycles. The third kappa shape index (κ3) is 4.64. The van der Waals surface area contributed by atoms with Crippen LogP contribution in [-0.4, -0.2) is 44.9 Å². The highest BCUT2D eigenvalue weighted by atomic mass is 32.2. The highest BCUT2D eigenvalue weighted by Gasteiger charge is 2.35.